The summed E-state index contributed by atoms with van der Waals surface area (Å²) in [4.78, 5) is 11.9. The van der Waals surface area contributed by atoms with Crippen molar-refractivity contribution in [1.82, 2.24) is 0 Å². The number of amides is 1. The van der Waals surface area contributed by atoms with Gasteiger partial charge in [0, 0.05) is 18.2 Å². The molecular formula is C18H19NO4. The summed E-state index contributed by atoms with van der Waals surface area (Å²) in [5, 5.41) is 2.80. The van der Waals surface area contributed by atoms with Crippen LogP contribution >= 0.6 is 0 Å². The Morgan fingerprint density at radius 3 is 2.65 bits per heavy atom. The van der Waals surface area contributed by atoms with Gasteiger partial charge < -0.3 is 19.5 Å². The summed E-state index contributed by atoms with van der Waals surface area (Å²) >= 11 is 0. The van der Waals surface area contributed by atoms with E-state index in [2.05, 4.69) is 5.32 Å². The molecule has 5 nitrogen and oxygen atoms in total. The van der Waals surface area contributed by atoms with Crippen LogP contribution in [-0.2, 0) is 16.1 Å². The van der Waals surface area contributed by atoms with Crippen LogP contribution in [-0.4, -0.2) is 25.7 Å². The van der Waals surface area contributed by atoms with Crippen LogP contribution in [0.1, 0.15) is 12.0 Å². The number of hydrogen-bond donors (Lipinski definition) is 1. The summed E-state index contributed by atoms with van der Waals surface area (Å²) in [6.45, 7) is 1.68. The number of hydrogen-bond acceptors (Lipinski definition) is 4. The molecule has 0 unspecified atom stereocenters. The van der Waals surface area contributed by atoms with E-state index in [9.17, 15) is 4.79 Å². The molecule has 1 aliphatic rings. The quantitative estimate of drug-likeness (QED) is 0.922. The van der Waals surface area contributed by atoms with Gasteiger partial charge in [-0.2, -0.15) is 0 Å². The second-order valence-electron chi connectivity index (χ2n) is 5.24. The summed E-state index contributed by atoms with van der Waals surface area (Å²) in [5.41, 5.74) is 1.71. The Balaban J connectivity index is 1.50. The van der Waals surface area contributed by atoms with Crippen molar-refractivity contribution in [3.8, 4) is 11.5 Å². The fourth-order valence-electron chi connectivity index (χ4n) is 2.27. The third kappa shape index (κ3) is 4.47. The van der Waals surface area contributed by atoms with Gasteiger partial charge in [0.25, 0.3) is 0 Å². The smallest absolute Gasteiger partial charge is 0.250 e. The molecule has 1 aliphatic heterocycles. The van der Waals surface area contributed by atoms with E-state index < -0.39 is 0 Å². The van der Waals surface area contributed by atoms with Gasteiger partial charge in [-0.05, 0) is 17.7 Å². The molecule has 1 N–H and O–H groups in total. The lowest BCUT2D eigenvalue weighted by atomic mass is 10.2. The maximum Gasteiger partial charge on any atom is 0.250 e. The molecule has 0 saturated carbocycles. The first-order valence-electron chi connectivity index (χ1n) is 7.62. The molecule has 0 saturated heterocycles. The molecule has 23 heavy (non-hydrogen) atoms. The first-order chi connectivity index (χ1) is 11.3. The predicted molar refractivity (Wildman–Crippen MR) is 86.8 cm³/mol. The lowest BCUT2D eigenvalue weighted by molar-refractivity contribution is -0.121. The molecule has 0 aromatic heterocycles. The van der Waals surface area contributed by atoms with Crippen molar-refractivity contribution in [2.45, 2.75) is 13.0 Å². The van der Waals surface area contributed by atoms with Crippen LogP contribution < -0.4 is 14.8 Å². The van der Waals surface area contributed by atoms with E-state index >= 15 is 0 Å². The van der Waals surface area contributed by atoms with E-state index in [-0.39, 0.29) is 12.5 Å². The van der Waals surface area contributed by atoms with Gasteiger partial charge in [-0.25, -0.2) is 0 Å². The van der Waals surface area contributed by atoms with Gasteiger partial charge in [0.1, 0.15) is 6.61 Å². The Kier molecular flexibility index (Phi) is 5.11. The number of carbonyl (C=O) groups is 1. The number of nitrogens with one attached hydrogen (secondary N) is 1. The molecule has 2 aromatic rings. The van der Waals surface area contributed by atoms with Crippen LogP contribution in [0.3, 0.4) is 0 Å². The van der Waals surface area contributed by atoms with Crippen LogP contribution in [0.25, 0.3) is 0 Å². The third-order valence-corrected chi connectivity index (χ3v) is 3.38. The van der Waals surface area contributed by atoms with Crippen LogP contribution in [0.4, 0.5) is 5.69 Å². The van der Waals surface area contributed by atoms with Crippen molar-refractivity contribution in [3.63, 3.8) is 0 Å². The molecule has 3 rings (SSSR count). The summed E-state index contributed by atoms with van der Waals surface area (Å²) in [5.74, 6) is 1.17. The molecular weight excluding hydrogens is 294 g/mol. The normalized spacial score (nSPS) is 13.2. The molecule has 0 aliphatic carbocycles. The van der Waals surface area contributed by atoms with Crippen LogP contribution in [0.5, 0.6) is 11.5 Å². The largest absolute Gasteiger partial charge is 0.490 e. The second kappa shape index (κ2) is 7.65. The summed E-state index contributed by atoms with van der Waals surface area (Å²) in [6.07, 6.45) is 0.851. The summed E-state index contributed by atoms with van der Waals surface area (Å²) in [6, 6.07) is 15.1. The van der Waals surface area contributed by atoms with Crippen molar-refractivity contribution in [2.24, 2.45) is 0 Å². The lowest BCUT2D eigenvalue weighted by Crippen LogP contribution is -2.18. The topological polar surface area (TPSA) is 56.8 Å². The number of ether oxygens (including phenoxy) is 3. The fraction of sp³-hybridized carbons (Fsp3) is 0.278. The van der Waals surface area contributed by atoms with Gasteiger partial charge in [-0.3, -0.25) is 4.79 Å². The van der Waals surface area contributed by atoms with E-state index in [0.717, 1.165) is 12.0 Å². The van der Waals surface area contributed by atoms with Crippen LogP contribution in [0, 0.1) is 0 Å². The maximum atomic E-state index is 11.9. The van der Waals surface area contributed by atoms with E-state index in [0.29, 0.717) is 37.0 Å². The maximum absolute atomic E-state index is 11.9. The molecule has 0 bridgehead atoms. The first-order valence-corrected chi connectivity index (χ1v) is 7.62. The van der Waals surface area contributed by atoms with Gasteiger partial charge in [0.2, 0.25) is 5.91 Å². The van der Waals surface area contributed by atoms with Gasteiger partial charge >= 0.3 is 0 Å². The number of carbonyl (C=O) groups excluding carboxylic acids is 1. The fourth-order valence-corrected chi connectivity index (χ4v) is 2.27. The van der Waals surface area contributed by atoms with E-state index in [1.165, 1.54) is 0 Å². The van der Waals surface area contributed by atoms with E-state index in [4.69, 9.17) is 14.2 Å². The highest BCUT2D eigenvalue weighted by molar-refractivity contribution is 5.92. The Morgan fingerprint density at radius 1 is 1.04 bits per heavy atom. The second-order valence-corrected chi connectivity index (χ2v) is 5.24. The van der Waals surface area contributed by atoms with Gasteiger partial charge in [0.15, 0.2) is 11.5 Å². The Hall–Kier alpha value is -2.53. The summed E-state index contributed by atoms with van der Waals surface area (Å²) in [7, 11) is 0. The summed E-state index contributed by atoms with van der Waals surface area (Å²) < 4.78 is 16.6. The first kappa shape index (κ1) is 15.4. The van der Waals surface area contributed by atoms with Gasteiger partial charge in [-0.15, -0.1) is 0 Å². The highest BCUT2D eigenvalue weighted by Gasteiger charge is 2.11. The van der Waals surface area contributed by atoms with Crippen molar-refractivity contribution >= 4 is 11.6 Å². The minimum Gasteiger partial charge on any atom is -0.490 e. The predicted octanol–water partition coefficient (Wildman–Crippen LogP) is 3.00. The number of benzene rings is 2. The zero-order chi connectivity index (χ0) is 15.9. The SMILES string of the molecule is O=C(COCc1ccccc1)Nc1ccc2c(c1)OCCCO2. The minimum absolute atomic E-state index is 0.00331. The molecule has 0 spiro atoms. The van der Waals surface area contributed by atoms with Crippen molar-refractivity contribution in [3.05, 3.63) is 54.1 Å². The van der Waals surface area contributed by atoms with Gasteiger partial charge in [0.05, 0.1) is 19.8 Å². The Morgan fingerprint density at radius 2 is 1.83 bits per heavy atom. The molecule has 0 atom stereocenters. The van der Waals surface area contributed by atoms with Crippen LogP contribution in [0.15, 0.2) is 48.5 Å². The molecule has 5 heteroatoms. The average molecular weight is 313 g/mol. The number of anilines is 1. The number of fused-ring (bicyclic) bond motifs is 1. The van der Waals surface area contributed by atoms with Crippen molar-refractivity contribution < 1.29 is 19.0 Å². The highest BCUT2D eigenvalue weighted by Crippen LogP contribution is 2.32. The number of rotatable bonds is 5. The molecule has 0 radical (unpaired) electrons. The van der Waals surface area contributed by atoms with Gasteiger partial charge in [-0.1, -0.05) is 30.3 Å². The molecule has 1 amide bonds. The lowest BCUT2D eigenvalue weighted by Gasteiger charge is -2.10. The highest BCUT2D eigenvalue weighted by atomic mass is 16.5. The average Bonchev–Trinajstić information content (AvgIpc) is 2.81. The molecule has 120 valence electrons. The molecule has 0 fully saturated rings. The molecule has 1 heterocycles. The minimum atomic E-state index is -0.199. The zero-order valence-corrected chi connectivity index (χ0v) is 12.8. The Bertz CT molecular complexity index is 657. The monoisotopic (exact) mass is 313 g/mol. The third-order valence-electron chi connectivity index (χ3n) is 3.38. The van der Waals surface area contributed by atoms with E-state index in [1.54, 1.807) is 18.2 Å². The standard InChI is InChI=1S/C18H19NO4/c20-18(13-21-12-14-5-2-1-3-6-14)19-15-7-8-16-17(11-15)23-10-4-9-22-16/h1-3,5-8,11H,4,9-10,12-13H2,(H,19,20). The van der Waals surface area contributed by atoms with Crippen molar-refractivity contribution in [1.29, 1.82) is 0 Å². The van der Waals surface area contributed by atoms with Crippen molar-refractivity contribution in [2.75, 3.05) is 25.1 Å². The zero-order valence-electron chi connectivity index (χ0n) is 12.8. The van der Waals surface area contributed by atoms with E-state index in [1.807, 2.05) is 30.3 Å². The van der Waals surface area contributed by atoms with Crippen LogP contribution in [0.2, 0.25) is 0 Å². The Labute approximate surface area is 135 Å². The molecule has 2 aromatic carbocycles.